The minimum atomic E-state index is -0.676. The van der Waals surface area contributed by atoms with Crippen LogP contribution in [-0.4, -0.2) is 19.6 Å². The fourth-order valence-electron chi connectivity index (χ4n) is 5.20. The molecule has 0 fully saturated rings. The van der Waals surface area contributed by atoms with Crippen molar-refractivity contribution in [1.29, 1.82) is 0 Å². The van der Waals surface area contributed by atoms with E-state index in [1.807, 2.05) is 75.4 Å². The molecule has 0 spiro atoms. The minimum absolute atomic E-state index is 0.0801. The highest BCUT2D eigenvalue weighted by Gasteiger charge is 2.44. The first-order valence-corrected chi connectivity index (χ1v) is 13.6. The molecular weight excluding hydrogens is 490 g/mol. The normalized spacial score (nSPS) is 14.6. The molecule has 5 rings (SSSR count). The van der Waals surface area contributed by atoms with E-state index >= 15 is 0 Å². The molecule has 1 amide bonds. The van der Waals surface area contributed by atoms with Crippen molar-refractivity contribution in [3.05, 3.63) is 98.4 Å². The molecule has 0 saturated carbocycles. The van der Waals surface area contributed by atoms with Crippen LogP contribution in [0.4, 0.5) is 5.69 Å². The lowest BCUT2D eigenvalue weighted by molar-refractivity contribution is 0.0971. The monoisotopic (exact) mass is 525 g/mol. The fraction of sp³-hybridized carbons (Fsp3) is 0.333. The molecule has 1 unspecified atom stereocenters. The van der Waals surface area contributed by atoms with Crippen LogP contribution in [0.5, 0.6) is 11.5 Å². The van der Waals surface area contributed by atoms with E-state index in [1.54, 1.807) is 12.0 Å². The Balaban J connectivity index is 1.64. The zero-order chi connectivity index (χ0) is 27.7. The number of anilines is 1. The smallest absolute Gasteiger partial charge is 0.295 e. The lowest BCUT2D eigenvalue weighted by Crippen LogP contribution is -2.29. The van der Waals surface area contributed by atoms with Gasteiger partial charge in [-0.2, -0.15) is 0 Å². The largest absolute Gasteiger partial charge is 0.493 e. The number of amides is 1. The topological polar surface area (TPSA) is 69.0 Å². The molecule has 0 radical (unpaired) electrons. The van der Waals surface area contributed by atoms with Crippen molar-refractivity contribution < 1.29 is 18.7 Å². The maximum absolute atomic E-state index is 14.0. The zero-order valence-electron chi connectivity index (χ0n) is 23.3. The quantitative estimate of drug-likeness (QED) is 0.213. The highest BCUT2D eigenvalue weighted by molar-refractivity contribution is 6.10. The van der Waals surface area contributed by atoms with Crippen LogP contribution in [0, 0.1) is 20.8 Å². The summed E-state index contributed by atoms with van der Waals surface area (Å²) in [7, 11) is 1.60. The Hall–Kier alpha value is -4.06. The number of benzene rings is 3. The molecular formula is C33H35NO5. The molecule has 1 aliphatic rings. The van der Waals surface area contributed by atoms with E-state index in [-0.39, 0.29) is 17.1 Å². The van der Waals surface area contributed by atoms with Gasteiger partial charge in [0.25, 0.3) is 5.91 Å². The number of fused-ring (bicyclic) bond motifs is 2. The number of hydrogen-bond donors (Lipinski definition) is 0. The molecule has 4 aromatic rings. The van der Waals surface area contributed by atoms with E-state index < -0.39 is 6.04 Å². The Bertz CT molecular complexity index is 1590. The minimum Gasteiger partial charge on any atom is -0.493 e. The van der Waals surface area contributed by atoms with Gasteiger partial charge in [-0.05, 0) is 80.3 Å². The highest BCUT2D eigenvalue weighted by atomic mass is 16.5. The molecule has 1 atom stereocenters. The molecule has 0 bridgehead atoms. The van der Waals surface area contributed by atoms with Crippen LogP contribution < -0.4 is 19.8 Å². The lowest BCUT2D eigenvalue weighted by Gasteiger charge is -2.26. The van der Waals surface area contributed by atoms with Gasteiger partial charge in [-0.3, -0.25) is 14.5 Å². The van der Waals surface area contributed by atoms with Crippen LogP contribution in [0.1, 0.15) is 77.0 Å². The van der Waals surface area contributed by atoms with Crippen molar-refractivity contribution in [3.8, 4) is 11.5 Å². The van der Waals surface area contributed by atoms with Crippen LogP contribution in [0.2, 0.25) is 0 Å². The number of carbonyl (C=O) groups excluding carboxylic acids is 1. The zero-order valence-corrected chi connectivity index (χ0v) is 23.3. The second-order valence-corrected chi connectivity index (χ2v) is 10.3. The van der Waals surface area contributed by atoms with Crippen LogP contribution in [0.3, 0.4) is 0 Å². The number of ether oxygens (including phenoxy) is 2. The van der Waals surface area contributed by atoms with E-state index in [9.17, 15) is 9.59 Å². The van der Waals surface area contributed by atoms with Crippen LogP contribution >= 0.6 is 0 Å². The standard InChI is InChI=1S/C33H35NO5/c1-6-7-8-9-16-38-26-15-12-23(19-28(26)37-5)30-29-31(35)25-17-21(3)22(4)18-27(25)39-32(29)33(36)34(30)24-13-10-20(2)11-14-24/h10-15,17-19,30H,6-9,16H2,1-5H3. The highest BCUT2D eigenvalue weighted by Crippen LogP contribution is 2.43. The van der Waals surface area contributed by atoms with Crippen LogP contribution in [-0.2, 0) is 0 Å². The van der Waals surface area contributed by atoms with Gasteiger partial charge >= 0.3 is 0 Å². The Labute approximate surface area is 229 Å². The lowest BCUT2D eigenvalue weighted by atomic mass is 9.96. The average Bonchev–Trinajstić information content (AvgIpc) is 3.22. The molecule has 0 N–H and O–H groups in total. The van der Waals surface area contributed by atoms with E-state index in [0.29, 0.717) is 40.3 Å². The summed E-state index contributed by atoms with van der Waals surface area (Å²) >= 11 is 0. The van der Waals surface area contributed by atoms with Gasteiger partial charge < -0.3 is 13.9 Å². The molecule has 2 heterocycles. The fourth-order valence-corrected chi connectivity index (χ4v) is 5.20. The SMILES string of the molecule is CCCCCCOc1ccc(C2c3c(oc4cc(C)c(C)cc4c3=O)C(=O)N2c2ccc(C)cc2)cc1OC. The van der Waals surface area contributed by atoms with Gasteiger partial charge in [-0.1, -0.05) is 49.9 Å². The molecule has 39 heavy (non-hydrogen) atoms. The van der Waals surface area contributed by atoms with Crippen molar-refractivity contribution in [2.45, 2.75) is 59.4 Å². The van der Waals surface area contributed by atoms with Gasteiger partial charge in [0.2, 0.25) is 5.76 Å². The van der Waals surface area contributed by atoms with Crippen molar-refractivity contribution >= 4 is 22.6 Å². The second-order valence-electron chi connectivity index (χ2n) is 10.3. The number of aryl methyl sites for hydroxylation is 3. The molecule has 0 aliphatic carbocycles. The first-order valence-electron chi connectivity index (χ1n) is 13.6. The third kappa shape index (κ3) is 4.91. The number of unbranched alkanes of at least 4 members (excludes halogenated alkanes) is 3. The maximum Gasteiger partial charge on any atom is 0.295 e. The van der Waals surface area contributed by atoms with Crippen LogP contribution in [0.25, 0.3) is 11.0 Å². The summed E-state index contributed by atoms with van der Waals surface area (Å²) in [6.07, 6.45) is 4.43. The molecule has 6 heteroatoms. The number of methoxy groups -OCH3 is 1. The van der Waals surface area contributed by atoms with Crippen molar-refractivity contribution in [2.24, 2.45) is 0 Å². The van der Waals surface area contributed by atoms with E-state index in [0.717, 1.165) is 35.1 Å². The van der Waals surface area contributed by atoms with Gasteiger partial charge in [0.1, 0.15) is 5.58 Å². The first kappa shape index (κ1) is 26.5. The van der Waals surface area contributed by atoms with Gasteiger partial charge in [-0.25, -0.2) is 0 Å². The number of nitrogens with zero attached hydrogens (tertiary/aromatic N) is 1. The Morgan fingerprint density at radius 2 is 1.62 bits per heavy atom. The molecule has 202 valence electrons. The summed E-state index contributed by atoms with van der Waals surface area (Å²) in [5.41, 5.74) is 5.06. The number of carbonyl (C=O) groups is 1. The predicted octanol–water partition coefficient (Wildman–Crippen LogP) is 7.44. The van der Waals surface area contributed by atoms with Crippen molar-refractivity contribution in [2.75, 3.05) is 18.6 Å². The Morgan fingerprint density at radius 3 is 2.33 bits per heavy atom. The molecule has 0 saturated heterocycles. The van der Waals surface area contributed by atoms with Gasteiger partial charge in [-0.15, -0.1) is 0 Å². The number of hydrogen-bond acceptors (Lipinski definition) is 5. The van der Waals surface area contributed by atoms with Crippen molar-refractivity contribution in [3.63, 3.8) is 0 Å². The summed E-state index contributed by atoms with van der Waals surface area (Å²) in [6, 6.07) is 16.3. The predicted molar refractivity (Wildman–Crippen MR) is 154 cm³/mol. The summed E-state index contributed by atoms with van der Waals surface area (Å²) in [5.74, 6) is 0.938. The van der Waals surface area contributed by atoms with Gasteiger partial charge in [0, 0.05) is 5.69 Å². The third-order valence-corrected chi connectivity index (χ3v) is 7.56. The van der Waals surface area contributed by atoms with Crippen LogP contribution in [0.15, 0.2) is 63.8 Å². The molecule has 6 nitrogen and oxygen atoms in total. The average molecular weight is 526 g/mol. The van der Waals surface area contributed by atoms with E-state index in [2.05, 4.69) is 6.92 Å². The maximum atomic E-state index is 14.0. The second kappa shape index (κ2) is 11.0. The summed E-state index contributed by atoms with van der Waals surface area (Å²) in [6.45, 7) is 8.71. The third-order valence-electron chi connectivity index (χ3n) is 7.56. The van der Waals surface area contributed by atoms with E-state index in [1.165, 1.54) is 12.8 Å². The summed E-state index contributed by atoms with van der Waals surface area (Å²) in [4.78, 5) is 29.5. The molecule has 3 aromatic carbocycles. The number of rotatable bonds is 9. The van der Waals surface area contributed by atoms with Gasteiger partial charge in [0.15, 0.2) is 16.9 Å². The Kier molecular flexibility index (Phi) is 7.47. The first-order chi connectivity index (χ1) is 18.8. The van der Waals surface area contributed by atoms with Gasteiger partial charge in [0.05, 0.1) is 30.7 Å². The summed E-state index contributed by atoms with van der Waals surface area (Å²) < 4.78 is 17.9. The summed E-state index contributed by atoms with van der Waals surface area (Å²) in [5, 5.41) is 0.472. The molecule has 1 aliphatic heterocycles. The Morgan fingerprint density at radius 1 is 0.872 bits per heavy atom. The molecule has 1 aromatic heterocycles. The van der Waals surface area contributed by atoms with E-state index in [4.69, 9.17) is 13.9 Å². The van der Waals surface area contributed by atoms with Crippen molar-refractivity contribution in [1.82, 2.24) is 0 Å².